The van der Waals surface area contributed by atoms with Gasteiger partial charge in [0.2, 0.25) is 0 Å². The van der Waals surface area contributed by atoms with Crippen molar-refractivity contribution in [2.24, 2.45) is 17.8 Å². The van der Waals surface area contributed by atoms with Gasteiger partial charge in [-0.05, 0) is 50.2 Å². The van der Waals surface area contributed by atoms with Crippen molar-refractivity contribution in [1.82, 2.24) is 0 Å². The van der Waals surface area contributed by atoms with E-state index < -0.39 is 76.8 Å². The summed E-state index contributed by atoms with van der Waals surface area (Å²) in [7, 11) is 0. The molecule has 3 aliphatic carbocycles. The van der Waals surface area contributed by atoms with Crippen LogP contribution in [0.2, 0.25) is 0 Å². The monoisotopic (exact) mass is 632 g/mol. The Balaban J connectivity index is 1.42. The van der Waals surface area contributed by atoms with Crippen LogP contribution in [0.1, 0.15) is 111 Å². The van der Waals surface area contributed by atoms with Crippen molar-refractivity contribution in [3.05, 3.63) is 36.0 Å². The molecular weight excluding hydrogens is 576 g/mol. The standard InChI is InChI=1S/C36H56O9/c1-6-7-8-9-10-11-12-13-14-15-16-17-18-19-27(38)44-33(23(2)3)21-25(5)35(42)26-20-24(4)29(39)36(26,43)32(41)34(22-37)31(45-34)28(35)30(33)40/h18-20,25-26,28,30-32,37,40-43H,2,6-17,21-22H2,1,3-5H3. The summed E-state index contributed by atoms with van der Waals surface area (Å²) in [5, 5.41) is 57.8. The van der Waals surface area contributed by atoms with Crippen molar-refractivity contribution in [3.63, 3.8) is 0 Å². The number of aliphatic hydroxyl groups excluding tert-OH is 3. The van der Waals surface area contributed by atoms with E-state index in [1.165, 1.54) is 76.9 Å². The van der Waals surface area contributed by atoms with E-state index in [2.05, 4.69) is 13.5 Å². The number of ether oxygens (including phenoxy) is 2. The van der Waals surface area contributed by atoms with Gasteiger partial charge in [0.25, 0.3) is 0 Å². The Labute approximate surface area is 268 Å². The number of allylic oxidation sites excluding steroid dienone is 1. The van der Waals surface area contributed by atoms with Crippen LogP contribution in [-0.2, 0) is 19.1 Å². The van der Waals surface area contributed by atoms with Crippen LogP contribution in [0, 0.1) is 17.8 Å². The third kappa shape index (κ3) is 6.14. The molecule has 4 rings (SSSR count). The van der Waals surface area contributed by atoms with E-state index in [1.54, 1.807) is 19.9 Å². The Hall–Kier alpha value is -1.88. The zero-order chi connectivity index (χ0) is 33.2. The Morgan fingerprint density at radius 1 is 1.07 bits per heavy atom. The van der Waals surface area contributed by atoms with Gasteiger partial charge in [0, 0.05) is 17.9 Å². The zero-order valence-corrected chi connectivity index (χ0v) is 27.7. The van der Waals surface area contributed by atoms with Crippen LogP contribution < -0.4 is 0 Å². The number of carbonyl (C=O) groups excluding carboxylic acids is 2. The van der Waals surface area contributed by atoms with Gasteiger partial charge in [0.1, 0.15) is 23.9 Å². The molecular formula is C36H56O9. The maximum Gasteiger partial charge on any atom is 0.331 e. The van der Waals surface area contributed by atoms with Crippen molar-refractivity contribution in [3.8, 4) is 0 Å². The molecule has 9 nitrogen and oxygen atoms in total. The molecule has 1 aliphatic heterocycles. The van der Waals surface area contributed by atoms with Crippen LogP contribution in [-0.4, -0.2) is 84.6 Å². The molecule has 10 atom stereocenters. The van der Waals surface area contributed by atoms with Crippen molar-refractivity contribution in [1.29, 1.82) is 0 Å². The van der Waals surface area contributed by atoms with Gasteiger partial charge in [0.15, 0.2) is 17.0 Å². The first kappa shape index (κ1) is 36.0. The number of fused-ring (bicyclic) bond motifs is 5. The molecule has 0 aromatic heterocycles. The van der Waals surface area contributed by atoms with E-state index in [0.717, 1.165) is 19.3 Å². The highest BCUT2D eigenvalue weighted by Crippen LogP contribution is 2.65. The summed E-state index contributed by atoms with van der Waals surface area (Å²) < 4.78 is 11.8. The number of unbranched alkanes of at least 4 members (excludes halogenated alkanes) is 11. The molecule has 2 saturated carbocycles. The summed E-state index contributed by atoms with van der Waals surface area (Å²) in [5.74, 6) is -4.69. The van der Waals surface area contributed by atoms with E-state index in [-0.39, 0.29) is 12.0 Å². The largest absolute Gasteiger partial charge is 0.449 e. The summed E-state index contributed by atoms with van der Waals surface area (Å²) >= 11 is 0. The Morgan fingerprint density at radius 3 is 2.20 bits per heavy atom. The Bertz CT molecular complexity index is 1160. The number of epoxide rings is 1. The molecule has 0 aromatic carbocycles. The van der Waals surface area contributed by atoms with E-state index in [9.17, 15) is 35.1 Å². The first-order chi connectivity index (χ1) is 21.3. The molecule has 0 spiro atoms. The summed E-state index contributed by atoms with van der Waals surface area (Å²) in [6, 6.07) is 0. The molecule has 10 unspecified atom stereocenters. The second-order valence-corrected chi connectivity index (χ2v) is 14.3. The minimum absolute atomic E-state index is 0.0444. The Morgan fingerprint density at radius 2 is 1.64 bits per heavy atom. The zero-order valence-electron chi connectivity index (χ0n) is 27.7. The first-order valence-corrected chi connectivity index (χ1v) is 17.2. The third-order valence-electron chi connectivity index (χ3n) is 11.3. The lowest BCUT2D eigenvalue weighted by Gasteiger charge is -2.57. The van der Waals surface area contributed by atoms with Crippen LogP contribution in [0.15, 0.2) is 36.0 Å². The van der Waals surface area contributed by atoms with Crippen molar-refractivity contribution < 1.29 is 44.6 Å². The molecule has 0 radical (unpaired) electrons. The third-order valence-corrected chi connectivity index (χ3v) is 11.3. The topological polar surface area (TPSA) is 157 Å². The normalized spacial score (nSPS) is 40.4. The Kier molecular flexibility index (Phi) is 11.3. The molecule has 3 fully saturated rings. The molecule has 0 bridgehead atoms. The quantitative estimate of drug-likeness (QED) is 0.0552. The highest BCUT2D eigenvalue weighted by Gasteiger charge is 2.83. The number of ketones is 1. The predicted octanol–water partition coefficient (Wildman–Crippen LogP) is 4.23. The van der Waals surface area contributed by atoms with Gasteiger partial charge >= 0.3 is 5.97 Å². The van der Waals surface area contributed by atoms with E-state index in [0.29, 0.717) is 5.57 Å². The number of aliphatic hydroxyl groups is 5. The lowest BCUT2D eigenvalue weighted by atomic mass is 9.54. The van der Waals surface area contributed by atoms with E-state index in [4.69, 9.17) is 9.47 Å². The minimum atomic E-state index is -2.46. The van der Waals surface area contributed by atoms with Crippen LogP contribution in [0.4, 0.5) is 0 Å². The van der Waals surface area contributed by atoms with Crippen molar-refractivity contribution >= 4 is 11.8 Å². The van der Waals surface area contributed by atoms with Gasteiger partial charge in [0.05, 0.1) is 12.2 Å². The van der Waals surface area contributed by atoms with Gasteiger partial charge < -0.3 is 35.0 Å². The second-order valence-electron chi connectivity index (χ2n) is 14.3. The molecule has 9 heteroatoms. The highest BCUT2D eigenvalue weighted by molar-refractivity contribution is 6.05. The van der Waals surface area contributed by atoms with Crippen molar-refractivity contribution in [2.75, 3.05) is 6.61 Å². The number of hydrogen-bond acceptors (Lipinski definition) is 9. The lowest BCUT2D eigenvalue weighted by molar-refractivity contribution is -0.252. The smallest absolute Gasteiger partial charge is 0.331 e. The van der Waals surface area contributed by atoms with Crippen LogP contribution in [0.25, 0.3) is 0 Å². The lowest BCUT2D eigenvalue weighted by Crippen LogP contribution is -2.71. The second kappa shape index (κ2) is 14.1. The highest BCUT2D eigenvalue weighted by atomic mass is 16.6. The van der Waals surface area contributed by atoms with Gasteiger partial charge in [-0.15, -0.1) is 0 Å². The maximum atomic E-state index is 13.2. The van der Waals surface area contributed by atoms with Gasteiger partial charge in [-0.2, -0.15) is 0 Å². The fourth-order valence-electron chi connectivity index (χ4n) is 8.54. The van der Waals surface area contributed by atoms with E-state index >= 15 is 0 Å². The molecule has 254 valence electrons. The maximum absolute atomic E-state index is 13.2. The average molecular weight is 633 g/mol. The summed E-state index contributed by atoms with van der Waals surface area (Å²) in [6.07, 6.45) is 14.3. The fourth-order valence-corrected chi connectivity index (χ4v) is 8.54. The molecule has 45 heavy (non-hydrogen) atoms. The predicted molar refractivity (Wildman–Crippen MR) is 170 cm³/mol. The average Bonchev–Trinajstić information content (AvgIpc) is 3.69. The molecule has 0 amide bonds. The fraction of sp³-hybridized carbons (Fsp3) is 0.778. The van der Waals surface area contributed by atoms with Crippen LogP contribution in [0.3, 0.4) is 0 Å². The molecule has 1 saturated heterocycles. The first-order valence-electron chi connectivity index (χ1n) is 17.2. The molecule has 5 N–H and O–H groups in total. The van der Waals surface area contributed by atoms with Gasteiger partial charge in [-0.1, -0.05) is 96.8 Å². The number of Topliss-reactive ketones (excluding diaryl/α,β-unsaturated/α-hetero) is 1. The SMILES string of the molecule is C=C(C)C1(OC(=O)C=CCCCCCCCCCCCCC)CC(C)C2(O)C(C1O)C1OC1(CO)C(O)C1(O)C(=O)C(C)=CC12. The van der Waals surface area contributed by atoms with Gasteiger partial charge in [-0.25, -0.2) is 4.79 Å². The summed E-state index contributed by atoms with van der Waals surface area (Å²) in [4.78, 5) is 26.4. The number of esters is 1. The van der Waals surface area contributed by atoms with Crippen LogP contribution in [0.5, 0.6) is 0 Å². The molecule has 1 heterocycles. The van der Waals surface area contributed by atoms with Crippen molar-refractivity contribution in [2.45, 2.75) is 152 Å². The number of hydrogen-bond donors (Lipinski definition) is 5. The molecule has 4 aliphatic rings. The minimum Gasteiger partial charge on any atom is -0.449 e. The molecule has 0 aromatic rings. The number of carbonyl (C=O) groups is 2. The number of rotatable bonds is 16. The van der Waals surface area contributed by atoms with Gasteiger partial charge in [-0.3, -0.25) is 4.79 Å². The van der Waals surface area contributed by atoms with Crippen LogP contribution >= 0.6 is 0 Å². The van der Waals surface area contributed by atoms with E-state index in [1.807, 2.05) is 0 Å². The summed E-state index contributed by atoms with van der Waals surface area (Å²) in [5.41, 5.74) is -7.29. The summed E-state index contributed by atoms with van der Waals surface area (Å²) in [6.45, 7) is 10.3.